The fourth-order valence-corrected chi connectivity index (χ4v) is 2.19. The number of carbonyl (C=O) groups is 1. The molecular weight excluding hydrogens is 311 g/mol. The minimum Gasteiger partial charge on any atom is -0.465 e. The summed E-state index contributed by atoms with van der Waals surface area (Å²) >= 11 is 6.02. The lowest BCUT2D eigenvalue weighted by molar-refractivity contribution is 0.0598. The summed E-state index contributed by atoms with van der Waals surface area (Å²) in [4.78, 5) is 18.7. The van der Waals surface area contributed by atoms with Gasteiger partial charge in [-0.05, 0) is 18.2 Å². The van der Waals surface area contributed by atoms with Crippen LogP contribution in [-0.2, 0) is 4.74 Å². The normalized spacial score (nSPS) is 10.7. The number of aromatic amines is 1. The molecule has 22 heavy (non-hydrogen) atoms. The fraction of sp³-hybridized carbons (Fsp3) is 0.0667. The number of halogens is 2. The Morgan fingerprint density at radius 3 is 2.95 bits per heavy atom. The molecule has 0 aliphatic rings. The van der Waals surface area contributed by atoms with Gasteiger partial charge in [-0.1, -0.05) is 11.6 Å². The molecule has 1 N–H and O–H groups in total. The lowest BCUT2D eigenvalue weighted by Gasteiger charge is -2.10. The topological polar surface area (TPSA) is 64.2 Å². The predicted octanol–water partition coefficient (Wildman–Crippen LogP) is 3.93. The first-order valence-electron chi connectivity index (χ1n) is 6.27. The van der Waals surface area contributed by atoms with Crippen LogP contribution in [0.25, 0.3) is 11.0 Å². The van der Waals surface area contributed by atoms with Crippen LogP contribution in [0.2, 0.25) is 5.02 Å². The molecule has 0 aliphatic heterocycles. The number of rotatable bonds is 3. The van der Waals surface area contributed by atoms with Gasteiger partial charge in [-0.2, -0.15) is 0 Å². The molecule has 5 nitrogen and oxygen atoms in total. The largest absolute Gasteiger partial charge is 0.465 e. The molecule has 112 valence electrons. The number of carbonyl (C=O) groups excluding carboxylic acids is 1. The van der Waals surface area contributed by atoms with Gasteiger partial charge in [0.1, 0.15) is 28.5 Å². The van der Waals surface area contributed by atoms with Crippen LogP contribution in [0.15, 0.2) is 36.7 Å². The number of nitrogens with one attached hydrogen (secondary N) is 1. The Balaban J connectivity index is 2.02. The number of benzene rings is 1. The van der Waals surface area contributed by atoms with Crippen molar-refractivity contribution in [2.45, 2.75) is 0 Å². The summed E-state index contributed by atoms with van der Waals surface area (Å²) in [6.45, 7) is 0. The van der Waals surface area contributed by atoms with Gasteiger partial charge in [0.05, 0.1) is 18.3 Å². The van der Waals surface area contributed by atoms with Gasteiger partial charge >= 0.3 is 5.97 Å². The second kappa shape index (κ2) is 5.65. The van der Waals surface area contributed by atoms with Crippen molar-refractivity contribution in [2.75, 3.05) is 7.11 Å². The van der Waals surface area contributed by atoms with Crippen LogP contribution in [0, 0.1) is 5.82 Å². The van der Waals surface area contributed by atoms with Gasteiger partial charge in [0.15, 0.2) is 0 Å². The Bertz CT molecular complexity index is 863. The number of esters is 1. The van der Waals surface area contributed by atoms with Crippen molar-refractivity contribution < 1.29 is 18.7 Å². The molecule has 0 saturated heterocycles. The Hall–Kier alpha value is -2.60. The number of pyridine rings is 1. The lowest BCUT2D eigenvalue weighted by atomic mass is 10.2. The molecule has 0 unspecified atom stereocenters. The van der Waals surface area contributed by atoms with Crippen molar-refractivity contribution in [1.82, 2.24) is 9.97 Å². The summed E-state index contributed by atoms with van der Waals surface area (Å²) in [5.74, 6) is -0.788. The van der Waals surface area contributed by atoms with Crippen LogP contribution in [0.1, 0.15) is 10.4 Å². The van der Waals surface area contributed by atoms with Crippen molar-refractivity contribution >= 4 is 28.6 Å². The van der Waals surface area contributed by atoms with Gasteiger partial charge in [-0.3, -0.25) is 0 Å². The maximum atomic E-state index is 13.4. The average molecular weight is 321 g/mol. The Morgan fingerprint density at radius 1 is 1.36 bits per heavy atom. The van der Waals surface area contributed by atoms with Crippen LogP contribution in [0.3, 0.4) is 0 Å². The number of hydrogen-bond donors (Lipinski definition) is 1. The van der Waals surface area contributed by atoms with Crippen molar-refractivity contribution in [3.63, 3.8) is 0 Å². The van der Waals surface area contributed by atoms with E-state index in [1.54, 1.807) is 12.3 Å². The third-order valence-corrected chi connectivity index (χ3v) is 3.35. The highest BCUT2D eigenvalue weighted by Gasteiger charge is 2.15. The van der Waals surface area contributed by atoms with Crippen LogP contribution in [0.5, 0.6) is 11.5 Å². The predicted molar refractivity (Wildman–Crippen MR) is 78.9 cm³/mol. The van der Waals surface area contributed by atoms with E-state index in [0.717, 1.165) is 12.1 Å². The highest BCUT2D eigenvalue weighted by atomic mass is 35.5. The SMILES string of the molecule is COC(=O)c1ccc(F)cc1Oc1cnc2[nH]cc(Cl)c2c1. The maximum Gasteiger partial charge on any atom is 0.341 e. The summed E-state index contributed by atoms with van der Waals surface area (Å²) < 4.78 is 23.6. The zero-order valence-corrected chi connectivity index (χ0v) is 12.1. The summed E-state index contributed by atoms with van der Waals surface area (Å²) in [5, 5.41) is 1.15. The summed E-state index contributed by atoms with van der Waals surface area (Å²) in [7, 11) is 1.24. The van der Waals surface area contributed by atoms with Crippen LogP contribution < -0.4 is 4.74 Å². The van der Waals surface area contributed by atoms with Crippen LogP contribution >= 0.6 is 11.6 Å². The Kier molecular flexibility index (Phi) is 3.68. The molecular formula is C15H10ClFN2O3. The van der Waals surface area contributed by atoms with E-state index in [9.17, 15) is 9.18 Å². The molecule has 0 bridgehead atoms. The molecule has 0 radical (unpaired) electrons. The first kappa shape index (κ1) is 14.3. The van der Waals surface area contributed by atoms with Crippen molar-refractivity contribution in [3.05, 3.63) is 53.1 Å². The Labute approximate surface area is 129 Å². The van der Waals surface area contributed by atoms with Gasteiger partial charge in [-0.15, -0.1) is 0 Å². The molecule has 0 aliphatic carbocycles. The molecule has 2 aromatic heterocycles. The van der Waals surface area contributed by atoms with Crippen molar-refractivity contribution in [3.8, 4) is 11.5 Å². The lowest BCUT2D eigenvalue weighted by Crippen LogP contribution is -2.04. The van der Waals surface area contributed by atoms with Gasteiger partial charge in [-0.25, -0.2) is 14.2 Å². The summed E-state index contributed by atoms with van der Waals surface area (Å²) in [6.07, 6.45) is 3.05. The van der Waals surface area contributed by atoms with Crippen LogP contribution in [0.4, 0.5) is 4.39 Å². The van der Waals surface area contributed by atoms with E-state index >= 15 is 0 Å². The van der Waals surface area contributed by atoms with Gasteiger partial charge in [0, 0.05) is 17.6 Å². The average Bonchev–Trinajstić information content (AvgIpc) is 2.88. The molecule has 3 rings (SSSR count). The fourth-order valence-electron chi connectivity index (χ4n) is 1.99. The molecule has 0 fully saturated rings. The smallest absolute Gasteiger partial charge is 0.341 e. The molecule has 0 atom stereocenters. The quantitative estimate of drug-likeness (QED) is 0.742. The molecule has 1 aromatic carbocycles. The number of aromatic nitrogens is 2. The minimum atomic E-state index is -0.622. The van der Waals surface area contributed by atoms with Crippen molar-refractivity contribution in [1.29, 1.82) is 0 Å². The van der Waals surface area contributed by atoms with E-state index in [2.05, 4.69) is 14.7 Å². The third kappa shape index (κ3) is 2.60. The molecule has 0 saturated carbocycles. The monoisotopic (exact) mass is 320 g/mol. The van der Waals surface area contributed by atoms with Crippen molar-refractivity contribution in [2.24, 2.45) is 0 Å². The number of hydrogen-bond acceptors (Lipinski definition) is 4. The zero-order chi connectivity index (χ0) is 15.7. The molecule has 2 heterocycles. The van der Waals surface area contributed by atoms with E-state index in [1.165, 1.54) is 19.4 Å². The number of nitrogens with zero attached hydrogens (tertiary/aromatic N) is 1. The van der Waals surface area contributed by atoms with Gasteiger partial charge in [0.2, 0.25) is 0 Å². The standard InChI is InChI=1S/C15H10ClFN2O3/c1-21-15(20)10-3-2-8(17)4-13(10)22-9-5-11-12(16)7-19-14(11)18-6-9/h2-7H,1H3,(H,18,19). The van der Waals surface area contributed by atoms with E-state index in [4.69, 9.17) is 16.3 Å². The van der Waals surface area contributed by atoms with Crippen LogP contribution in [-0.4, -0.2) is 23.0 Å². The second-order valence-corrected chi connectivity index (χ2v) is 4.85. The maximum absolute atomic E-state index is 13.4. The van der Waals surface area contributed by atoms with E-state index in [-0.39, 0.29) is 11.3 Å². The summed E-state index contributed by atoms with van der Waals surface area (Å²) in [6, 6.07) is 5.21. The zero-order valence-electron chi connectivity index (χ0n) is 11.4. The van der Waals surface area contributed by atoms with E-state index < -0.39 is 11.8 Å². The highest BCUT2D eigenvalue weighted by Crippen LogP contribution is 2.30. The minimum absolute atomic E-state index is 0.0414. The summed E-state index contributed by atoms with van der Waals surface area (Å²) in [5.41, 5.74) is 0.717. The number of ether oxygens (including phenoxy) is 2. The van der Waals surface area contributed by atoms with E-state index in [0.29, 0.717) is 21.8 Å². The number of methoxy groups -OCH3 is 1. The van der Waals surface area contributed by atoms with E-state index in [1.807, 2.05) is 0 Å². The van der Waals surface area contributed by atoms with Gasteiger partial charge in [0.25, 0.3) is 0 Å². The Morgan fingerprint density at radius 2 is 2.18 bits per heavy atom. The molecule has 3 aromatic rings. The molecule has 0 amide bonds. The molecule has 0 spiro atoms. The highest BCUT2D eigenvalue weighted by molar-refractivity contribution is 6.35. The number of fused-ring (bicyclic) bond motifs is 1. The second-order valence-electron chi connectivity index (χ2n) is 4.44. The van der Waals surface area contributed by atoms with Gasteiger partial charge < -0.3 is 14.5 Å². The third-order valence-electron chi connectivity index (χ3n) is 3.03. The number of H-pyrrole nitrogens is 1. The first-order chi connectivity index (χ1) is 10.6. The first-order valence-corrected chi connectivity index (χ1v) is 6.64. The molecule has 7 heteroatoms.